The van der Waals surface area contributed by atoms with Gasteiger partial charge in [-0.05, 0) is 44.5 Å². The normalized spacial score (nSPS) is 12.4. The van der Waals surface area contributed by atoms with Crippen LogP contribution in [0.1, 0.15) is 51.2 Å². The molecule has 0 amide bonds. The van der Waals surface area contributed by atoms with Gasteiger partial charge in [-0.2, -0.15) is 13.2 Å². The van der Waals surface area contributed by atoms with E-state index in [0.717, 1.165) is 37.9 Å². The van der Waals surface area contributed by atoms with Crippen LogP contribution in [-0.2, 0) is 12.7 Å². The number of rotatable bonds is 7. The van der Waals surface area contributed by atoms with Crippen molar-refractivity contribution in [1.29, 1.82) is 0 Å². The Hall–Kier alpha value is -1.23. The van der Waals surface area contributed by atoms with E-state index in [2.05, 4.69) is 11.8 Å². The average Bonchev–Trinajstić information content (AvgIpc) is 2.38. The highest BCUT2D eigenvalue weighted by molar-refractivity contribution is 5.38. The van der Waals surface area contributed by atoms with Crippen LogP contribution in [0.4, 0.5) is 13.2 Å². The van der Waals surface area contributed by atoms with Gasteiger partial charge < -0.3 is 5.11 Å². The van der Waals surface area contributed by atoms with E-state index < -0.39 is 17.5 Å². The predicted molar refractivity (Wildman–Crippen MR) is 78.2 cm³/mol. The number of hydrogen-bond acceptors (Lipinski definition) is 2. The second-order valence-electron chi connectivity index (χ2n) is 5.62. The first-order valence-corrected chi connectivity index (χ1v) is 7.38. The zero-order valence-corrected chi connectivity index (χ0v) is 12.9. The molecule has 0 saturated carbocycles. The van der Waals surface area contributed by atoms with Crippen LogP contribution >= 0.6 is 0 Å². The largest absolute Gasteiger partial charge is 0.507 e. The van der Waals surface area contributed by atoms with Crippen molar-refractivity contribution in [1.82, 2.24) is 4.90 Å². The Kier molecular flexibility index (Phi) is 6.52. The van der Waals surface area contributed by atoms with E-state index in [1.165, 1.54) is 0 Å². The molecule has 1 N–H and O–H groups in total. The first-order chi connectivity index (χ1) is 9.75. The minimum absolute atomic E-state index is 0.269. The lowest BCUT2D eigenvalue weighted by atomic mass is 10.1. The summed E-state index contributed by atoms with van der Waals surface area (Å²) in [7, 11) is 0. The molecule has 0 spiro atoms. The third-order valence-electron chi connectivity index (χ3n) is 3.53. The summed E-state index contributed by atoms with van der Waals surface area (Å²) in [6.07, 6.45) is -1.25. The Morgan fingerprint density at radius 2 is 1.86 bits per heavy atom. The highest BCUT2D eigenvalue weighted by Crippen LogP contribution is 2.36. The highest BCUT2D eigenvalue weighted by atomic mass is 19.4. The van der Waals surface area contributed by atoms with Crippen molar-refractivity contribution in [3.63, 3.8) is 0 Å². The fourth-order valence-electron chi connectivity index (χ4n) is 2.23. The van der Waals surface area contributed by atoms with E-state index in [0.29, 0.717) is 12.1 Å². The molecule has 1 aromatic rings. The Balaban J connectivity index is 2.84. The van der Waals surface area contributed by atoms with Crippen molar-refractivity contribution >= 4 is 0 Å². The topological polar surface area (TPSA) is 23.5 Å². The van der Waals surface area contributed by atoms with E-state index in [1.54, 1.807) is 6.07 Å². The van der Waals surface area contributed by atoms with Crippen LogP contribution in [0.25, 0.3) is 0 Å². The van der Waals surface area contributed by atoms with Crippen LogP contribution < -0.4 is 0 Å². The van der Waals surface area contributed by atoms with Crippen molar-refractivity contribution in [2.75, 3.05) is 6.54 Å². The van der Waals surface area contributed by atoms with Gasteiger partial charge in [-0.1, -0.05) is 25.8 Å². The van der Waals surface area contributed by atoms with Crippen LogP contribution in [0, 0.1) is 0 Å². The van der Waals surface area contributed by atoms with E-state index in [9.17, 15) is 18.3 Å². The minimum atomic E-state index is -4.52. The summed E-state index contributed by atoms with van der Waals surface area (Å²) in [5.74, 6) is -0.715. The van der Waals surface area contributed by atoms with Crippen LogP contribution in [0.2, 0.25) is 0 Å². The fourth-order valence-corrected chi connectivity index (χ4v) is 2.23. The van der Waals surface area contributed by atoms with E-state index in [1.807, 2.05) is 13.8 Å². The van der Waals surface area contributed by atoms with Gasteiger partial charge in [0.05, 0.1) is 5.56 Å². The summed E-state index contributed by atoms with van der Waals surface area (Å²) < 4.78 is 38.4. The number of hydrogen-bond donors (Lipinski definition) is 1. The van der Waals surface area contributed by atoms with Crippen LogP contribution in [0.15, 0.2) is 18.2 Å². The quantitative estimate of drug-likeness (QED) is 0.731. The van der Waals surface area contributed by atoms with Crippen LogP contribution in [-0.4, -0.2) is 22.6 Å². The summed E-state index contributed by atoms with van der Waals surface area (Å²) in [4.78, 5) is 2.15. The standard InChI is InChI=1S/C16H24F3NO/c1-4-5-6-9-20(12(2)3)11-13-7-8-15(21)14(10-13)16(17,18)19/h7-8,10,12,21H,4-6,9,11H2,1-3H3. The molecule has 0 radical (unpaired) electrons. The Morgan fingerprint density at radius 3 is 2.38 bits per heavy atom. The summed E-state index contributed by atoms with van der Waals surface area (Å²) >= 11 is 0. The maximum absolute atomic E-state index is 12.8. The highest BCUT2D eigenvalue weighted by Gasteiger charge is 2.34. The summed E-state index contributed by atoms with van der Waals surface area (Å²) in [5.41, 5.74) is -0.386. The second-order valence-corrected chi connectivity index (χ2v) is 5.62. The van der Waals surface area contributed by atoms with Gasteiger partial charge in [0, 0.05) is 12.6 Å². The van der Waals surface area contributed by atoms with Crippen molar-refractivity contribution in [3.8, 4) is 5.75 Å². The molecule has 0 aliphatic heterocycles. The summed E-state index contributed by atoms with van der Waals surface area (Å²) in [6.45, 7) is 7.53. The Bertz CT molecular complexity index is 444. The molecular weight excluding hydrogens is 279 g/mol. The molecule has 2 nitrogen and oxygen atoms in total. The van der Waals surface area contributed by atoms with Gasteiger partial charge in [-0.15, -0.1) is 0 Å². The molecule has 5 heteroatoms. The molecule has 0 aliphatic rings. The number of alkyl halides is 3. The zero-order valence-electron chi connectivity index (χ0n) is 12.9. The lowest BCUT2D eigenvalue weighted by Gasteiger charge is -2.27. The van der Waals surface area contributed by atoms with Crippen molar-refractivity contribution in [2.24, 2.45) is 0 Å². The molecule has 0 unspecified atom stereocenters. The molecule has 0 heterocycles. The summed E-state index contributed by atoms with van der Waals surface area (Å²) in [5, 5.41) is 9.35. The van der Waals surface area contributed by atoms with Crippen molar-refractivity contribution < 1.29 is 18.3 Å². The number of halogens is 3. The molecule has 0 fully saturated rings. The van der Waals surface area contributed by atoms with Gasteiger partial charge in [0.1, 0.15) is 5.75 Å². The molecule has 0 saturated heterocycles. The van der Waals surface area contributed by atoms with E-state index in [-0.39, 0.29) is 6.04 Å². The van der Waals surface area contributed by atoms with Crippen LogP contribution in [0.3, 0.4) is 0 Å². The van der Waals surface area contributed by atoms with E-state index >= 15 is 0 Å². The van der Waals surface area contributed by atoms with Gasteiger partial charge in [-0.3, -0.25) is 4.90 Å². The number of phenols is 1. The smallest absolute Gasteiger partial charge is 0.419 e. The SMILES string of the molecule is CCCCCN(Cc1ccc(O)c(C(F)(F)F)c1)C(C)C. The zero-order chi connectivity index (χ0) is 16.0. The first-order valence-electron chi connectivity index (χ1n) is 7.38. The summed E-state index contributed by atoms with van der Waals surface area (Å²) in [6, 6.07) is 4.00. The fraction of sp³-hybridized carbons (Fsp3) is 0.625. The molecule has 0 aromatic heterocycles. The second kappa shape index (κ2) is 7.69. The van der Waals surface area contributed by atoms with E-state index in [4.69, 9.17) is 0 Å². The maximum Gasteiger partial charge on any atom is 0.419 e. The van der Waals surface area contributed by atoms with Gasteiger partial charge in [0.25, 0.3) is 0 Å². The third kappa shape index (κ3) is 5.58. The number of unbranched alkanes of at least 4 members (excludes halogenated alkanes) is 2. The Morgan fingerprint density at radius 1 is 1.19 bits per heavy atom. The molecule has 21 heavy (non-hydrogen) atoms. The Labute approximate surface area is 124 Å². The van der Waals surface area contributed by atoms with Crippen molar-refractivity contribution in [3.05, 3.63) is 29.3 Å². The van der Waals surface area contributed by atoms with Gasteiger partial charge >= 0.3 is 6.18 Å². The number of phenolic OH excluding ortho intramolecular Hbond substituents is 1. The number of benzene rings is 1. The molecular formula is C16H24F3NO. The molecule has 1 rings (SSSR count). The molecule has 0 atom stereocenters. The maximum atomic E-state index is 12.8. The molecule has 0 bridgehead atoms. The average molecular weight is 303 g/mol. The number of aromatic hydroxyl groups is 1. The number of nitrogens with zero attached hydrogens (tertiary/aromatic N) is 1. The minimum Gasteiger partial charge on any atom is -0.507 e. The lowest BCUT2D eigenvalue weighted by molar-refractivity contribution is -0.138. The van der Waals surface area contributed by atoms with Gasteiger partial charge in [0.15, 0.2) is 0 Å². The van der Waals surface area contributed by atoms with Gasteiger partial charge in [0.2, 0.25) is 0 Å². The lowest BCUT2D eigenvalue weighted by Crippen LogP contribution is -2.31. The third-order valence-corrected chi connectivity index (χ3v) is 3.53. The molecule has 0 aliphatic carbocycles. The van der Waals surface area contributed by atoms with Gasteiger partial charge in [-0.25, -0.2) is 0 Å². The molecule has 1 aromatic carbocycles. The predicted octanol–water partition coefficient (Wildman–Crippen LogP) is 4.81. The van der Waals surface area contributed by atoms with Crippen LogP contribution in [0.5, 0.6) is 5.75 Å². The first kappa shape index (κ1) is 17.8. The molecule has 120 valence electrons. The monoisotopic (exact) mass is 303 g/mol. The van der Waals surface area contributed by atoms with Crippen molar-refractivity contribution in [2.45, 2.75) is 58.8 Å².